The third-order valence-electron chi connectivity index (χ3n) is 3.24. The van der Waals surface area contributed by atoms with Crippen LogP contribution in [0.3, 0.4) is 0 Å². The quantitative estimate of drug-likeness (QED) is 0.595. The largest absolute Gasteiger partial charge is 0.291 e. The highest BCUT2D eigenvalue weighted by molar-refractivity contribution is 7.92. The second kappa shape index (κ2) is 7.32. The van der Waals surface area contributed by atoms with Gasteiger partial charge >= 0.3 is 0 Å². The zero-order chi connectivity index (χ0) is 18.7. The highest BCUT2D eigenvalue weighted by Gasteiger charge is 2.19. The lowest BCUT2D eigenvalue weighted by Gasteiger charge is -2.10. The van der Waals surface area contributed by atoms with Gasteiger partial charge in [-0.25, -0.2) is 13.5 Å². The topological polar surface area (TPSA) is 117 Å². The first kappa shape index (κ1) is 18.2. The van der Waals surface area contributed by atoms with Crippen LogP contribution in [0, 0.1) is 0 Å². The Kier molecular flexibility index (Phi) is 5.12. The van der Waals surface area contributed by atoms with Crippen molar-refractivity contribution in [3.8, 4) is 0 Å². The summed E-state index contributed by atoms with van der Waals surface area (Å²) in [6.45, 7) is 0. The average molecular weight is 412 g/mol. The lowest BCUT2D eigenvalue weighted by molar-refractivity contribution is 0.102. The number of halogens is 2. The Balaban J connectivity index is 1.88. The van der Waals surface area contributed by atoms with Crippen molar-refractivity contribution >= 4 is 50.8 Å². The lowest BCUT2D eigenvalue weighted by Crippen LogP contribution is -2.17. The zero-order valence-corrected chi connectivity index (χ0v) is 15.2. The predicted octanol–water partition coefficient (Wildman–Crippen LogP) is 3.16. The molecule has 0 spiro atoms. The Labute approximate surface area is 158 Å². The van der Waals surface area contributed by atoms with Gasteiger partial charge in [0.15, 0.2) is 0 Å². The molecule has 0 aliphatic rings. The normalized spacial score (nSPS) is 11.2. The molecule has 0 fully saturated rings. The molecule has 0 atom stereocenters. The summed E-state index contributed by atoms with van der Waals surface area (Å²) < 4.78 is 27.5. The number of benzene rings is 2. The molecule has 11 heteroatoms. The molecule has 1 heterocycles. The molecule has 1 aromatic heterocycles. The monoisotopic (exact) mass is 411 g/mol. The molecule has 1 amide bonds. The van der Waals surface area contributed by atoms with Crippen molar-refractivity contribution in [2.45, 2.75) is 4.90 Å². The molecule has 8 nitrogen and oxygen atoms in total. The summed E-state index contributed by atoms with van der Waals surface area (Å²) in [6, 6.07) is 9.95. The van der Waals surface area contributed by atoms with Crippen molar-refractivity contribution < 1.29 is 13.2 Å². The van der Waals surface area contributed by atoms with Gasteiger partial charge in [-0.3, -0.25) is 14.8 Å². The fourth-order valence-electron chi connectivity index (χ4n) is 2.02. The highest BCUT2D eigenvalue weighted by Crippen LogP contribution is 2.23. The summed E-state index contributed by atoms with van der Waals surface area (Å²) in [7, 11) is -3.93. The van der Waals surface area contributed by atoms with E-state index in [4.69, 9.17) is 23.2 Å². The van der Waals surface area contributed by atoms with Crippen LogP contribution in [-0.4, -0.2) is 29.5 Å². The average Bonchev–Trinajstić information content (AvgIpc) is 3.10. The predicted molar refractivity (Wildman–Crippen MR) is 98.0 cm³/mol. The number of rotatable bonds is 5. The summed E-state index contributed by atoms with van der Waals surface area (Å²) in [5.74, 6) is -0.520. The molecular weight excluding hydrogens is 401 g/mol. The number of nitrogens with one attached hydrogen (secondary N) is 3. The molecule has 2 aromatic carbocycles. The summed E-state index contributed by atoms with van der Waals surface area (Å²) in [4.78, 5) is 15.9. The Morgan fingerprint density at radius 2 is 1.81 bits per heavy atom. The first-order valence-electron chi connectivity index (χ1n) is 7.10. The number of nitrogens with zero attached hydrogens (tertiary/aromatic N) is 2. The van der Waals surface area contributed by atoms with Gasteiger partial charge in [0.05, 0.1) is 15.5 Å². The van der Waals surface area contributed by atoms with Gasteiger partial charge < -0.3 is 0 Å². The van der Waals surface area contributed by atoms with Crippen LogP contribution in [0.5, 0.6) is 0 Å². The molecular formula is C15H11Cl2N5O3S. The van der Waals surface area contributed by atoms with E-state index < -0.39 is 15.9 Å². The van der Waals surface area contributed by atoms with E-state index in [0.29, 0.717) is 10.7 Å². The Morgan fingerprint density at radius 3 is 2.46 bits per heavy atom. The van der Waals surface area contributed by atoms with Crippen LogP contribution >= 0.6 is 23.2 Å². The lowest BCUT2D eigenvalue weighted by atomic mass is 10.2. The number of hydrogen-bond acceptors (Lipinski definition) is 5. The van der Waals surface area contributed by atoms with Crippen LogP contribution in [0.1, 0.15) is 10.4 Å². The van der Waals surface area contributed by atoms with Crippen LogP contribution in [0.15, 0.2) is 53.7 Å². The van der Waals surface area contributed by atoms with E-state index in [9.17, 15) is 13.2 Å². The molecule has 3 N–H and O–H groups in total. The number of carbonyl (C=O) groups is 1. The molecule has 0 saturated heterocycles. The number of amides is 1. The van der Waals surface area contributed by atoms with Gasteiger partial charge in [-0.15, -0.1) is 0 Å². The van der Waals surface area contributed by atoms with Gasteiger partial charge in [0, 0.05) is 10.7 Å². The fourth-order valence-corrected chi connectivity index (χ4v) is 3.43. The van der Waals surface area contributed by atoms with Gasteiger partial charge in [-0.05, 0) is 42.5 Å². The van der Waals surface area contributed by atoms with E-state index in [1.165, 1.54) is 36.7 Å². The summed E-state index contributed by atoms with van der Waals surface area (Å²) in [5, 5.41) is 9.06. The Hall–Kier alpha value is -2.62. The summed E-state index contributed by atoms with van der Waals surface area (Å²) in [6.07, 6.45) is 1.22. The van der Waals surface area contributed by atoms with Gasteiger partial charge in [0.25, 0.3) is 15.9 Å². The number of carbonyl (C=O) groups excluding carboxylic acids is 1. The molecule has 134 valence electrons. The van der Waals surface area contributed by atoms with E-state index in [0.717, 1.165) is 0 Å². The van der Waals surface area contributed by atoms with E-state index >= 15 is 0 Å². The van der Waals surface area contributed by atoms with E-state index in [-0.39, 0.29) is 21.4 Å². The number of H-pyrrole nitrogens is 1. The minimum Gasteiger partial charge on any atom is -0.291 e. The van der Waals surface area contributed by atoms with Crippen molar-refractivity contribution in [1.29, 1.82) is 0 Å². The van der Waals surface area contributed by atoms with Gasteiger partial charge in [0.2, 0.25) is 5.95 Å². The van der Waals surface area contributed by atoms with Gasteiger partial charge in [-0.1, -0.05) is 23.2 Å². The first-order valence-corrected chi connectivity index (χ1v) is 9.34. The molecule has 0 radical (unpaired) electrons. The van der Waals surface area contributed by atoms with Gasteiger partial charge in [-0.2, -0.15) is 10.1 Å². The van der Waals surface area contributed by atoms with Crippen molar-refractivity contribution in [3.05, 3.63) is 64.4 Å². The van der Waals surface area contributed by atoms with Crippen LogP contribution in [0.25, 0.3) is 0 Å². The number of anilines is 2. The third-order valence-corrected chi connectivity index (χ3v) is 5.20. The number of aromatic nitrogens is 3. The van der Waals surface area contributed by atoms with Gasteiger partial charge in [0.1, 0.15) is 6.33 Å². The van der Waals surface area contributed by atoms with Crippen LogP contribution in [0.2, 0.25) is 10.0 Å². The van der Waals surface area contributed by atoms with Crippen molar-refractivity contribution in [1.82, 2.24) is 15.2 Å². The van der Waals surface area contributed by atoms with Crippen LogP contribution in [0.4, 0.5) is 11.6 Å². The standard InChI is InChI=1S/C15H11Cl2N5O3S/c16-9-1-3-10(4-2-9)22-26(24,25)11-5-6-13(17)12(7-11)14(23)20-15-18-8-19-21-15/h1-8,22H,(H2,18,19,20,21,23). The maximum Gasteiger partial charge on any atom is 0.261 e. The SMILES string of the molecule is O=C(Nc1ncn[nH]1)c1cc(S(=O)(=O)Nc2ccc(Cl)cc2)ccc1Cl. The number of hydrogen-bond donors (Lipinski definition) is 3. The Morgan fingerprint density at radius 1 is 1.08 bits per heavy atom. The maximum atomic E-state index is 12.5. The van der Waals surface area contributed by atoms with Crippen LogP contribution < -0.4 is 10.0 Å². The highest BCUT2D eigenvalue weighted by atomic mass is 35.5. The molecule has 0 bridgehead atoms. The molecule has 0 aliphatic carbocycles. The molecule has 26 heavy (non-hydrogen) atoms. The maximum absolute atomic E-state index is 12.5. The third kappa shape index (κ3) is 4.13. The van der Waals surface area contributed by atoms with E-state index in [2.05, 4.69) is 25.2 Å². The summed E-state index contributed by atoms with van der Waals surface area (Å²) >= 11 is 11.8. The van der Waals surface area contributed by atoms with Crippen molar-refractivity contribution in [3.63, 3.8) is 0 Å². The smallest absolute Gasteiger partial charge is 0.261 e. The first-order chi connectivity index (χ1) is 12.3. The summed E-state index contributed by atoms with van der Waals surface area (Å²) in [5.41, 5.74) is 0.305. The molecule has 0 unspecified atom stereocenters. The van der Waals surface area contributed by atoms with Crippen LogP contribution in [-0.2, 0) is 10.0 Å². The second-order valence-corrected chi connectivity index (χ2v) is 7.57. The zero-order valence-electron chi connectivity index (χ0n) is 12.9. The number of sulfonamides is 1. The number of aromatic amines is 1. The molecule has 3 aromatic rings. The molecule has 0 aliphatic heterocycles. The molecule has 0 saturated carbocycles. The minimum absolute atomic E-state index is 0.0259. The minimum atomic E-state index is -3.93. The fraction of sp³-hybridized carbons (Fsp3) is 0. The molecule has 3 rings (SSSR count). The second-order valence-electron chi connectivity index (χ2n) is 5.04. The van der Waals surface area contributed by atoms with Crippen molar-refractivity contribution in [2.24, 2.45) is 0 Å². The Bertz CT molecular complexity index is 1040. The van der Waals surface area contributed by atoms with E-state index in [1.807, 2.05) is 0 Å². The van der Waals surface area contributed by atoms with Crippen molar-refractivity contribution in [2.75, 3.05) is 10.0 Å². The van der Waals surface area contributed by atoms with E-state index in [1.54, 1.807) is 12.1 Å².